The van der Waals surface area contributed by atoms with Crippen LogP contribution in [0.2, 0.25) is 0 Å². The van der Waals surface area contributed by atoms with Crippen LogP contribution in [0.25, 0.3) is 0 Å². The van der Waals surface area contributed by atoms with Gasteiger partial charge in [-0.15, -0.1) is 0 Å². The summed E-state index contributed by atoms with van der Waals surface area (Å²) in [7, 11) is 0. The van der Waals surface area contributed by atoms with Crippen molar-refractivity contribution in [2.24, 2.45) is 0 Å². The molecule has 1 aliphatic carbocycles. The molecule has 1 aromatic rings. The second kappa shape index (κ2) is 3.80. The normalized spacial score (nSPS) is 19.1. The maximum Gasteiger partial charge on any atom is 0.251 e. The number of hydrogen-bond acceptors (Lipinski definition) is 2. The smallest absolute Gasteiger partial charge is 0.251 e. The fourth-order valence-electron chi connectivity index (χ4n) is 2.02. The van der Waals surface area contributed by atoms with Gasteiger partial charge in [0.25, 0.3) is 5.91 Å². The predicted molar refractivity (Wildman–Crippen MR) is 64.2 cm³/mol. The number of rotatable bonds is 3. The van der Waals surface area contributed by atoms with Crippen LogP contribution in [-0.2, 0) is 11.2 Å². The molecule has 5 heteroatoms. The number of nitrogens with one attached hydrogen (secondary N) is 2. The molecular formula is C13H13FN2O2. The third-order valence-electron chi connectivity index (χ3n) is 3.35. The van der Waals surface area contributed by atoms with Crippen molar-refractivity contribution in [3.63, 3.8) is 0 Å². The Bertz CT molecular complexity index is 538. The molecule has 1 fully saturated rings. The predicted octanol–water partition coefficient (Wildman–Crippen LogP) is 1.41. The molecule has 3 rings (SSSR count). The zero-order chi connectivity index (χ0) is 12.8. The van der Waals surface area contributed by atoms with Gasteiger partial charge < -0.3 is 10.6 Å². The molecule has 2 amide bonds. The quantitative estimate of drug-likeness (QED) is 0.849. The molecule has 1 heterocycles. The number of anilines is 1. The lowest BCUT2D eigenvalue weighted by molar-refractivity contribution is -0.115. The number of amides is 2. The topological polar surface area (TPSA) is 58.2 Å². The van der Waals surface area contributed by atoms with Crippen LogP contribution in [0.5, 0.6) is 0 Å². The maximum atomic E-state index is 13.4. The van der Waals surface area contributed by atoms with E-state index in [0.29, 0.717) is 24.8 Å². The van der Waals surface area contributed by atoms with Crippen molar-refractivity contribution in [2.75, 3.05) is 11.9 Å². The van der Waals surface area contributed by atoms with Gasteiger partial charge in [-0.2, -0.15) is 0 Å². The van der Waals surface area contributed by atoms with Gasteiger partial charge in [0.1, 0.15) is 5.67 Å². The Morgan fingerprint density at radius 2 is 2.22 bits per heavy atom. The van der Waals surface area contributed by atoms with E-state index in [1.165, 1.54) is 0 Å². The fraction of sp³-hybridized carbons (Fsp3) is 0.385. The molecule has 4 nitrogen and oxygen atoms in total. The highest BCUT2D eigenvalue weighted by atomic mass is 19.1. The van der Waals surface area contributed by atoms with Crippen LogP contribution in [0.4, 0.5) is 10.1 Å². The Kier molecular flexibility index (Phi) is 2.36. The Morgan fingerprint density at radius 1 is 1.44 bits per heavy atom. The molecule has 0 aromatic heterocycles. The van der Waals surface area contributed by atoms with Crippen molar-refractivity contribution in [1.82, 2.24) is 5.32 Å². The van der Waals surface area contributed by atoms with E-state index in [9.17, 15) is 14.0 Å². The molecular weight excluding hydrogens is 235 g/mol. The summed E-state index contributed by atoms with van der Waals surface area (Å²) < 4.78 is 13.4. The Labute approximate surface area is 104 Å². The SMILES string of the molecule is O=C1Cc2cc(C(=O)NCC3(F)CC3)ccc2N1. The van der Waals surface area contributed by atoms with Crippen LogP contribution in [0.15, 0.2) is 18.2 Å². The van der Waals surface area contributed by atoms with E-state index in [4.69, 9.17) is 0 Å². The van der Waals surface area contributed by atoms with E-state index in [2.05, 4.69) is 10.6 Å². The molecule has 0 saturated heterocycles. The minimum atomic E-state index is -1.19. The van der Waals surface area contributed by atoms with E-state index in [0.717, 1.165) is 11.3 Å². The molecule has 0 bridgehead atoms. The highest BCUT2D eigenvalue weighted by Gasteiger charge is 2.43. The zero-order valence-electron chi connectivity index (χ0n) is 9.75. The van der Waals surface area contributed by atoms with Gasteiger partial charge in [-0.3, -0.25) is 9.59 Å². The Hall–Kier alpha value is -1.91. The largest absolute Gasteiger partial charge is 0.349 e. The first-order valence-corrected chi connectivity index (χ1v) is 5.96. The Morgan fingerprint density at radius 3 is 2.94 bits per heavy atom. The van der Waals surface area contributed by atoms with Crippen molar-refractivity contribution in [3.05, 3.63) is 29.3 Å². The van der Waals surface area contributed by atoms with E-state index in [1.807, 2.05) is 0 Å². The van der Waals surface area contributed by atoms with Gasteiger partial charge in [-0.25, -0.2) is 4.39 Å². The number of alkyl halides is 1. The van der Waals surface area contributed by atoms with Crippen molar-refractivity contribution in [3.8, 4) is 0 Å². The summed E-state index contributed by atoms with van der Waals surface area (Å²) in [6.45, 7) is 0.0695. The number of hydrogen-bond donors (Lipinski definition) is 2. The van der Waals surface area contributed by atoms with Gasteiger partial charge in [0.2, 0.25) is 5.91 Å². The molecule has 18 heavy (non-hydrogen) atoms. The van der Waals surface area contributed by atoms with Crippen molar-refractivity contribution >= 4 is 17.5 Å². The summed E-state index contributed by atoms with van der Waals surface area (Å²) in [5.74, 6) is -0.357. The molecule has 1 aliphatic heterocycles. The molecule has 94 valence electrons. The number of benzene rings is 1. The third kappa shape index (κ3) is 2.08. The highest BCUT2D eigenvalue weighted by molar-refractivity contribution is 6.01. The lowest BCUT2D eigenvalue weighted by Gasteiger charge is -2.08. The second-order valence-electron chi connectivity index (χ2n) is 4.93. The molecule has 2 N–H and O–H groups in total. The van der Waals surface area contributed by atoms with Gasteiger partial charge in [0, 0.05) is 11.3 Å². The third-order valence-corrected chi connectivity index (χ3v) is 3.35. The van der Waals surface area contributed by atoms with Crippen LogP contribution in [0.3, 0.4) is 0 Å². The summed E-state index contributed by atoms with van der Waals surface area (Å²) in [4.78, 5) is 23.0. The summed E-state index contributed by atoms with van der Waals surface area (Å²) in [5.41, 5.74) is 0.841. The lowest BCUT2D eigenvalue weighted by atomic mass is 10.1. The number of carbonyl (C=O) groups is 2. The fourth-order valence-corrected chi connectivity index (χ4v) is 2.02. The van der Waals surface area contributed by atoms with E-state index >= 15 is 0 Å². The summed E-state index contributed by atoms with van der Waals surface area (Å²) in [6.07, 6.45) is 1.34. The van der Waals surface area contributed by atoms with Crippen molar-refractivity contribution < 1.29 is 14.0 Å². The first-order chi connectivity index (χ1) is 8.56. The first kappa shape index (κ1) is 11.2. The van der Waals surface area contributed by atoms with Gasteiger partial charge >= 0.3 is 0 Å². The minimum absolute atomic E-state index is 0.0664. The monoisotopic (exact) mass is 248 g/mol. The van der Waals surface area contributed by atoms with Crippen LogP contribution >= 0.6 is 0 Å². The maximum absolute atomic E-state index is 13.4. The number of carbonyl (C=O) groups excluding carboxylic acids is 2. The van der Waals surface area contributed by atoms with Crippen LogP contribution < -0.4 is 10.6 Å². The average molecular weight is 248 g/mol. The summed E-state index contributed by atoms with van der Waals surface area (Å²) in [5, 5.41) is 5.28. The van der Waals surface area contributed by atoms with Crippen molar-refractivity contribution in [1.29, 1.82) is 0 Å². The van der Waals surface area contributed by atoms with E-state index in [1.54, 1.807) is 18.2 Å². The second-order valence-corrected chi connectivity index (χ2v) is 4.93. The van der Waals surface area contributed by atoms with Crippen LogP contribution in [0.1, 0.15) is 28.8 Å². The molecule has 2 aliphatic rings. The Balaban J connectivity index is 1.70. The summed E-state index contributed by atoms with van der Waals surface area (Å²) >= 11 is 0. The molecule has 0 spiro atoms. The van der Waals surface area contributed by atoms with Gasteiger partial charge in [-0.1, -0.05) is 0 Å². The number of fused-ring (bicyclic) bond motifs is 1. The molecule has 1 saturated carbocycles. The van der Waals surface area contributed by atoms with Gasteiger partial charge in [0.15, 0.2) is 0 Å². The molecule has 0 radical (unpaired) electrons. The lowest BCUT2D eigenvalue weighted by Crippen LogP contribution is -2.31. The van der Waals surface area contributed by atoms with Crippen molar-refractivity contribution in [2.45, 2.75) is 24.9 Å². The molecule has 1 aromatic carbocycles. The number of halogens is 1. The average Bonchev–Trinajstić information content (AvgIpc) is 2.95. The molecule has 0 atom stereocenters. The first-order valence-electron chi connectivity index (χ1n) is 5.96. The van der Waals surface area contributed by atoms with E-state index in [-0.39, 0.29) is 18.4 Å². The van der Waals surface area contributed by atoms with Gasteiger partial charge in [0.05, 0.1) is 13.0 Å². The molecule has 0 unspecified atom stereocenters. The highest BCUT2D eigenvalue weighted by Crippen LogP contribution is 2.38. The summed E-state index contributed by atoms with van der Waals surface area (Å²) in [6, 6.07) is 5.02. The zero-order valence-corrected chi connectivity index (χ0v) is 9.75. The van der Waals surface area contributed by atoms with Crippen LogP contribution in [0, 0.1) is 0 Å². The van der Waals surface area contributed by atoms with Crippen LogP contribution in [-0.4, -0.2) is 24.0 Å². The van der Waals surface area contributed by atoms with Gasteiger partial charge in [-0.05, 0) is 36.6 Å². The van der Waals surface area contributed by atoms with E-state index < -0.39 is 5.67 Å². The minimum Gasteiger partial charge on any atom is -0.349 e. The standard InChI is InChI=1S/C13H13FN2O2/c14-13(3-4-13)7-15-12(18)8-1-2-10-9(5-8)6-11(17)16-10/h1-2,5H,3-4,6-7H2,(H,15,18)(H,16,17).